The number of nitrogens with one attached hydrogen (secondary N) is 1. The summed E-state index contributed by atoms with van der Waals surface area (Å²) >= 11 is 0. The third kappa shape index (κ3) is 3.95. The molecule has 2 heterocycles. The van der Waals surface area contributed by atoms with Crippen molar-refractivity contribution in [3.05, 3.63) is 77.7 Å². The lowest BCUT2D eigenvalue weighted by molar-refractivity contribution is 0.0525. The van der Waals surface area contributed by atoms with Crippen LogP contribution in [0.1, 0.15) is 34.6 Å². The summed E-state index contributed by atoms with van der Waals surface area (Å²) in [6.45, 7) is 2.13. The fraction of sp³-hybridized carbons (Fsp3) is 0.200. The highest BCUT2D eigenvalue weighted by Gasteiger charge is 2.19. The standard InChI is InChI=1S/C20H21N3O2/c1-2-25-20(24)16-12-18(15-8-10-22-11-9-15)23-19(16)13-17(21)14-6-4-3-5-7-14/h3-12,17,23H,2,13,21H2,1H3. The van der Waals surface area contributed by atoms with E-state index < -0.39 is 0 Å². The number of hydrogen-bond acceptors (Lipinski definition) is 4. The van der Waals surface area contributed by atoms with E-state index >= 15 is 0 Å². The lowest BCUT2D eigenvalue weighted by Crippen LogP contribution is -2.16. The molecule has 2 aromatic heterocycles. The largest absolute Gasteiger partial charge is 0.462 e. The zero-order chi connectivity index (χ0) is 17.6. The van der Waals surface area contributed by atoms with Gasteiger partial charge in [0.1, 0.15) is 0 Å². The number of ether oxygens (including phenoxy) is 1. The van der Waals surface area contributed by atoms with Crippen molar-refractivity contribution in [2.45, 2.75) is 19.4 Å². The topological polar surface area (TPSA) is 81.0 Å². The fourth-order valence-electron chi connectivity index (χ4n) is 2.77. The minimum Gasteiger partial charge on any atom is -0.462 e. The van der Waals surface area contributed by atoms with Gasteiger partial charge in [0.2, 0.25) is 0 Å². The van der Waals surface area contributed by atoms with E-state index in [9.17, 15) is 4.79 Å². The number of benzene rings is 1. The second-order valence-electron chi connectivity index (χ2n) is 5.75. The number of rotatable bonds is 6. The number of carbonyl (C=O) groups excluding carboxylic acids is 1. The molecule has 0 radical (unpaired) electrons. The summed E-state index contributed by atoms with van der Waals surface area (Å²) in [6, 6.07) is 15.2. The van der Waals surface area contributed by atoms with Crippen molar-refractivity contribution in [1.82, 2.24) is 9.97 Å². The van der Waals surface area contributed by atoms with E-state index in [2.05, 4.69) is 9.97 Å². The van der Waals surface area contributed by atoms with Gasteiger partial charge < -0.3 is 15.5 Å². The molecule has 0 spiro atoms. The average molecular weight is 335 g/mol. The lowest BCUT2D eigenvalue weighted by Gasteiger charge is -2.12. The number of pyridine rings is 1. The van der Waals surface area contributed by atoms with Crippen LogP contribution in [0.3, 0.4) is 0 Å². The second kappa shape index (κ2) is 7.77. The summed E-state index contributed by atoms with van der Waals surface area (Å²) in [5, 5.41) is 0. The van der Waals surface area contributed by atoms with Gasteiger partial charge in [0.15, 0.2) is 0 Å². The average Bonchev–Trinajstić information content (AvgIpc) is 3.07. The first kappa shape index (κ1) is 16.9. The first-order chi connectivity index (χ1) is 12.2. The third-order valence-electron chi connectivity index (χ3n) is 4.04. The normalized spacial score (nSPS) is 11.9. The Balaban J connectivity index is 1.93. The highest BCUT2D eigenvalue weighted by atomic mass is 16.5. The predicted molar refractivity (Wildman–Crippen MR) is 97.1 cm³/mol. The SMILES string of the molecule is CCOC(=O)c1cc(-c2ccncc2)[nH]c1CC(N)c1ccccc1. The summed E-state index contributed by atoms with van der Waals surface area (Å²) in [5.41, 5.74) is 10.5. The number of carbonyl (C=O) groups is 1. The number of hydrogen-bond donors (Lipinski definition) is 2. The number of esters is 1. The van der Waals surface area contributed by atoms with Gasteiger partial charge in [-0.1, -0.05) is 30.3 Å². The molecule has 0 aliphatic carbocycles. The molecular formula is C20H21N3O2. The van der Waals surface area contributed by atoms with Gasteiger partial charge in [0, 0.05) is 41.8 Å². The molecule has 0 fully saturated rings. The molecule has 3 rings (SSSR count). The van der Waals surface area contributed by atoms with Crippen molar-refractivity contribution in [3.8, 4) is 11.3 Å². The van der Waals surface area contributed by atoms with Crippen LogP contribution in [0.2, 0.25) is 0 Å². The van der Waals surface area contributed by atoms with Gasteiger partial charge in [-0.15, -0.1) is 0 Å². The maximum Gasteiger partial charge on any atom is 0.339 e. The van der Waals surface area contributed by atoms with E-state index in [-0.39, 0.29) is 12.0 Å². The molecule has 0 aliphatic rings. The van der Waals surface area contributed by atoms with Crippen molar-refractivity contribution < 1.29 is 9.53 Å². The summed E-state index contributed by atoms with van der Waals surface area (Å²) in [5.74, 6) is -0.339. The Kier molecular flexibility index (Phi) is 5.26. The molecule has 1 aromatic carbocycles. The highest BCUT2D eigenvalue weighted by Crippen LogP contribution is 2.25. The Labute approximate surface area is 146 Å². The van der Waals surface area contributed by atoms with Crippen LogP contribution in [0.4, 0.5) is 0 Å². The monoisotopic (exact) mass is 335 g/mol. The Bertz CT molecular complexity index is 829. The zero-order valence-electron chi connectivity index (χ0n) is 14.1. The smallest absolute Gasteiger partial charge is 0.339 e. The molecule has 0 bridgehead atoms. The van der Waals surface area contributed by atoms with Crippen LogP contribution < -0.4 is 5.73 Å². The molecule has 3 aromatic rings. The number of nitrogens with two attached hydrogens (primary N) is 1. The Morgan fingerprint density at radius 2 is 1.92 bits per heavy atom. The molecule has 1 unspecified atom stereocenters. The molecule has 0 aliphatic heterocycles. The van der Waals surface area contributed by atoms with E-state index in [1.807, 2.05) is 48.5 Å². The third-order valence-corrected chi connectivity index (χ3v) is 4.04. The summed E-state index contributed by atoms with van der Waals surface area (Å²) in [4.78, 5) is 19.7. The van der Waals surface area contributed by atoms with Crippen LogP contribution in [0.25, 0.3) is 11.3 Å². The van der Waals surface area contributed by atoms with Crippen molar-refractivity contribution in [3.63, 3.8) is 0 Å². The molecule has 25 heavy (non-hydrogen) atoms. The number of nitrogens with zero attached hydrogens (tertiary/aromatic N) is 1. The fourth-order valence-corrected chi connectivity index (χ4v) is 2.77. The first-order valence-electron chi connectivity index (χ1n) is 8.29. The quantitative estimate of drug-likeness (QED) is 0.676. The Hall–Kier alpha value is -2.92. The van der Waals surface area contributed by atoms with Crippen molar-refractivity contribution in [2.75, 3.05) is 6.61 Å². The Morgan fingerprint density at radius 3 is 2.60 bits per heavy atom. The molecule has 0 amide bonds. The number of aromatic nitrogens is 2. The van der Waals surface area contributed by atoms with Crippen LogP contribution in [0.15, 0.2) is 60.9 Å². The van der Waals surface area contributed by atoms with Gasteiger partial charge in [-0.2, -0.15) is 0 Å². The van der Waals surface area contributed by atoms with Gasteiger partial charge in [0.05, 0.1) is 12.2 Å². The summed E-state index contributed by atoms with van der Waals surface area (Å²) in [6.07, 6.45) is 3.95. The maximum absolute atomic E-state index is 12.3. The van der Waals surface area contributed by atoms with Crippen molar-refractivity contribution in [2.24, 2.45) is 5.73 Å². The minimum absolute atomic E-state index is 0.210. The van der Waals surface area contributed by atoms with Crippen LogP contribution in [-0.4, -0.2) is 22.5 Å². The van der Waals surface area contributed by atoms with E-state index in [1.165, 1.54) is 0 Å². The van der Waals surface area contributed by atoms with E-state index in [0.29, 0.717) is 18.6 Å². The van der Waals surface area contributed by atoms with Crippen molar-refractivity contribution in [1.29, 1.82) is 0 Å². The van der Waals surface area contributed by atoms with Gasteiger partial charge >= 0.3 is 5.97 Å². The molecule has 1 atom stereocenters. The lowest BCUT2D eigenvalue weighted by atomic mass is 10.0. The first-order valence-corrected chi connectivity index (χ1v) is 8.29. The minimum atomic E-state index is -0.339. The van der Waals surface area contributed by atoms with Crippen molar-refractivity contribution >= 4 is 5.97 Å². The highest BCUT2D eigenvalue weighted by molar-refractivity contribution is 5.92. The van der Waals surface area contributed by atoms with Gasteiger partial charge in [0.25, 0.3) is 0 Å². The van der Waals surface area contributed by atoms with Crippen LogP contribution in [0.5, 0.6) is 0 Å². The van der Waals surface area contributed by atoms with E-state index in [1.54, 1.807) is 19.3 Å². The van der Waals surface area contributed by atoms with E-state index in [0.717, 1.165) is 22.5 Å². The van der Waals surface area contributed by atoms with E-state index in [4.69, 9.17) is 10.5 Å². The molecule has 5 nitrogen and oxygen atoms in total. The van der Waals surface area contributed by atoms with Gasteiger partial charge in [-0.3, -0.25) is 4.98 Å². The van der Waals surface area contributed by atoms with Crippen LogP contribution in [-0.2, 0) is 11.2 Å². The van der Waals surface area contributed by atoms with Crippen LogP contribution >= 0.6 is 0 Å². The van der Waals surface area contributed by atoms with Gasteiger partial charge in [-0.25, -0.2) is 4.79 Å². The molecule has 5 heteroatoms. The number of H-pyrrole nitrogens is 1. The molecular weight excluding hydrogens is 314 g/mol. The summed E-state index contributed by atoms with van der Waals surface area (Å²) in [7, 11) is 0. The zero-order valence-corrected chi connectivity index (χ0v) is 14.1. The van der Waals surface area contributed by atoms with Crippen LogP contribution in [0, 0.1) is 0 Å². The second-order valence-corrected chi connectivity index (χ2v) is 5.75. The molecule has 128 valence electrons. The Morgan fingerprint density at radius 1 is 1.20 bits per heavy atom. The predicted octanol–water partition coefficient (Wildman–Crippen LogP) is 3.50. The molecule has 0 saturated heterocycles. The number of aromatic amines is 1. The maximum atomic E-state index is 12.3. The summed E-state index contributed by atoms with van der Waals surface area (Å²) < 4.78 is 5.19. The molecule has 3 N–H and O–H groups in total. The molecule has 0 saturated carbocycles. The van der Waals surface area contributed by atoms with Gasteiger partial charge in [-0.05, 0) is 30.7 Å².